The maximum Gasteiger partial charge on any atom is 0.263 e. The van der Waals surface area contributed by atoms with Crippen LogP contribution in [0.4, 0.5) is 5.95 Å². The first-order valence-corrected chi connectivity index (χ1v) is 9.42. The van der Waals surface area contributed by atoms with Gasteiger partial charge in [0, 0.05) is 25.6 Å². The summed E-state index contributed by atoms with van der Waals surface area (Å²) in [5.74, 6) is 0.653. The number of hydrogen-bond donors (Lipinski definition) is 1. The number of benzene rings is 2. The molecule has 0 bridgehead atoms. The van der Waals surface area contributed by atoms with Gasteiger partial charge in [-0.15, -0.1) is 0 Å². The summed E-state index contributed by atoms with van der Waals surface area (Å²) in [6, 6.07) is 8.94. The SMILES string of the molecule is Nc1nnnn1/N=C\c1cc(Br)cc(Br)c1OCc1ccc(Cl)cc1Cl. The van der Waals surface area contributed by atoms with E-state index in [0.717, 1.165) is 19.3 Å². The van der Waals surface area contributed by atoms with Crippen molar-refractivity contribution < 1.29 is 4.74 Å². The zero-order valence-corrected chi connectivity index (χ0v) is 17.6. The van der Waals surface area contributed by atoms with E-state index in [4.69, 9.17) is 33.7 Å². The van der Waals surface area contributed by atoms with Gasteiger partial charge < -0.3 is 10.5 Å². The summed E-state index contributed by atoms with van der Waals surface area (Å²) in [6.45, 7) is 0.254. The van der Waals surface area contributed by atoms with Crippen molar-refractivity contribution in [2.45, 2.75) is 6.61 Å². The van der Waals surface area contributed by atoms with E-state index in [0.29, 0.717) is 21.4 Å². The molecule has 0 amide bonds. The third kappa shape index (κ3) is 4.53. The molecule has 2 aromatic carbocycles. The number of ether oxygens (including phenoxy) is 1. The third-order valence-corrected chi connectivity index (χ3v) is 4.84. The Morgan fingerprint density at radius 3 is 2.73 bits per heavy atom. The molecule has 2 N–H and O–H groups in total. The molecule has 0 aliphatic rings. The van der Waals surface area contributed by atoms with Gasteiger partial charge in [0.25, 0.3) is 5.95 Å². The number of halogens is 4. The first-order valence-electron chi connectivity index (χ1n) is 7.08. The molecular weight excluding hydrogens is 511 g/mol. The van der Waals surface area contributed by atoms with Gasteiger partial charge >= 0.3 is 0 Å². The maximum absolute atomic E-state index is 6.20. The van der Waals surface area contributed by atoms with Gasteiger partial charge in [-0.2, -0.15) is 5.10 Å². The molecule has 0 spiro atoms. The van der Waals surface area contributed by atoms with E-state index in [1.807, 2.05) is 18.2 Å². The van der Waals surface area contributed by atoms with E-state index in [1.165, 1.54) is 0 Å². The average Bonchev–Trinajstić information content (AvgIpc) is 2.98. The number of nitrogens with two attached hydrogens (primary N) is 1. The number of nitrogens with zero attached hydrogens (tertiary/aromatic N) is 5. The minimum atomic E-state index is 0.0747. The number of hydrogen-bond acceptors (Lipinski definition) is 6. The predicted octanol–water partition coefficient (Wildman–Crippen LogP) is 4.55. The van der Waals surface area contributed by atoms with Gasteiger partial charge in [0.15, 0.2) is 0 Å². The van der Waals surface area contributed by atoms with Crippen LogP contribution in [0.15, 0.2) is 44.4 Å². The first-order chi connectivity index (χ1) is 12.4. The molecule has 134 valence electrons. The van der Waals surface area contributed by atoms with Crippen LogP contribution in [0.5, 0.6) is 5.75 Å². The van der Waals surface area contributed by atoms with Crippen LogP contribution >= 0.6 is 55.1 Å². The summed E-state index contributed by atoms with van der Waals surface area (Å²) >= 11 is 19.1. The van der Waals surface area contributed by atoms with Crippen molar-refractivity contribution in [1.82, 2.24) is 20.3 Å². The van der Waals surface area contributed by atoms with Crippen molar-refractivity contribution >= 4 is 67.2 Å². The number of aromatic nitrogens is 4. The molecule has 1 aromatic heterocycles. The lowest BCUT2D eigenvalue weighted by molar-refractivity contribution is 0.304. The summed E-state index contributed by atoms with van der Waals surface area (Å²) in [5.41, 5.74) is 7.09. The smallest absolute Gasteiger partial charge is 0.263 e. The third-order valence-electron chi connectivity index (χ3n) is 3.21. The van der Waals surface area contributed by atoms with Gasteiger partial charge in [-0.1, -0.05) is 55.1 Å². The van der Waals surface area contributed by atoms with Crippen molar-refractivity contribution in [3.8, 4) is 5.75 Å². The first kappa shape index (κ1) is 19.1. The Morgan fingerprint density at radius 2 is 2.04 bits per heavy atom. The molecule has 1 heterocycles. The lowest BCUT2D eigenvalue weighted by Gasteiger charge is -2.13. The standard InChI is InChI=1S/C15H10Br2Cl2N6O/c16-10-3-9(6-21-25-15(20)22-23-24-25)14(12(17)4-10)26-7-8-1-2-11(18)5-13(8)19/h1-6H,7H2,(H2,20,22,24)/b21-6-. The summed E-state index contributed by atoms with van der Waals surface area (Å²) in [7, 11) is 0. The monoisotopic (exact) mass is 518 g/mol. The number of tetrazole rings is 1. The van der Waals surface area contributed by atoms with E-state index in [-0.39, 0.29) is 12.6 Å². The second-order valence-electron chi connectivity index (χ2n) is 5.00. The van der Waals surface area contributed by atoms with Crippen LogP contribution in [-0.4, -0.2) is 26.5 Å². The van der Waals surface area contributed by atoms with Crippen LogP contribution in [-0.2, 0) is 6.61 Å². The van der Waals surface area contributed by atoms with Crippen molar-refractivity contribution in [3.63, 3.8) is 0 Å². The van der Waals surface area contributed by atoms with Crippen LogP contribution in [0.2, 0.25) is 10.0 Å². The molecule has 0 atom stereocenters. The number of rotatable bonds is 5. The Balaban J connectivity index is 1.88. The van der Waals surface area contributed by atoms with E-state index >= 15 is 0 Å². The fourth-order valence-corrected chi connectivity index (χ4v) is 3.84. The Kier molecular flexibility index (Phi) is 6.13. The fraction of sp³-hybridized carbons (Fsp3) is 0.0667. The van der Waals surface area contributed by atoms with Crippen LogP contribution < -0.4 is 10.5 Å². The van der Waals surface area contributed by atoms with Crippen molar-refractivity contribution in [3.05, 3.63) is 60.4 Å². The van der Waals surface area contributed by atoms with Crippen molar-refractivity contribution in [2.75, 3.05) is 5.73 Å². The second-order valence-corrected chi connectivity index (χ2v) is 7.62. The highest BCUT2D eigenvalue weighted by molar-refractivity contribution is 9.11. The Hall–Kier alpha value is -1.68. The van der Waals surface area contributed by atoms with Crippen LogP contribution in [0, 0.1) is 0 Å². The van der Waals surface area contributed by atoms with Crippen LogP contribution in [0.1, 0.15) is 11.1 Å². The zero-order chi connectivity index (χ0) is 18.7. The van der Waals surface area contributed by atoms with Gasteiger partial charge in [-0.3, -0.25) is 0 Å². The molecule has 11 heteroatoms. The Morgan fingerprint density at radius 1 is 1.23 bits per heavy atom. The van der Waals surface area contributed by atoms with Gasteiger partial charge in [-0.05, 0) is 50.6 Å². The van der Waals surface area contributed by atoms with Crippen molar-refractivity contribution in [1.29, 1.82) is 0 Å². The largest absolute Gasteiger partial charge is 0.487 e. The van der Waals surface area contributed by atoms with E-state index in [1.54, 1.807) is 18.3 Å². The molecule has 0 saturated heterocycles. The van der Waals surface area contributed by atoms with E-state index < -0.39 is 0 Å². The average molecular weight is 521 g/mol. The molecule has 0 aliphatic carbocycles. The van der Waals surface area contributed by atoms with Gasteiger partial charge in [0.2, 0.25) is 0 Å². The molecule has 26 heavy (non-hydrogen) atoms. The molecule has 0 unspecified atom stereocenters. The fourth-order valence-electron chi connectivity index (χ4n) is 2.01. The summed E-state index contributed by atoms with van der Waals surface area (Å²) in [4.78, 5) is 1.11. The maximum atomic E-state index is 6.20. The lowest BCUT2D eigenvalue weighted by atomic mass is 10.2. The van der Waals surface area contributed by atoms with Crippen LogP contribution in [0.3, 0.4) is 0 Å². The summed E-state index contributed by atoms with van der Waals surface area (Å²) in [6.07, 6.45) is 1.54. The quantitative estimate of drug-likeness (QED) is 0.498. The highest BCUT2D eigenvalue weighted by Gasteiger charge is 2.11. The topological polar surface area (TPSA) is 91.2 Å². The zero-order valence-electron chi connectivity index (χ0n) is 12.9. The van der Waals surface area contributed by atoms with Crippen molar-refractivity contribution in [2.24, 2.45) is 5.10 Å². The lowest BCUT2D eigenvalue weighted by Crippen LogP contribution is -2.03. The Labute approximate surface area is 175 Å². The van der Waals surface area contributed by atoms with Gasteiger partial charge in [0.05, 0.1) is 10.7 Å². The minimum Gasteiger partial charge on any atom is -0.487 e. The molecule has 7 nitrogen and oxygen atoms in total. The van der Waals surface area contributed by atoms with Gasteiger partial charge in [-0.25, -0.2) is 0 Å². The number of anilines is 1. The molecule has 0 aliphatic heterocycles. The minimum absolute atomic E-state index is 0.0747. The molecular formula is C15H10Br2Cl2N6O. The normalized spacial score (nSPS) is 11.2. The van der Waals surface area contributed by atoms with E-state index in [9.17, 15) is 0 Å². The highest BCUT2D eigenvalue weighted by Crippen LogP contribution is 2.33. The molecule has 0 fully saturated rings. The highest BCUT2D eigenvalue weighted by atomic mass is 79.9. The molecule has 0 radical (unpaired) electrons. The summed E-state index contributed by atoms with van der Waals surface area (Å²) in [5, 5.41) is 15.9. The summed E-state index contributed by atoms with van der Waals surface area (Å²) < 4.78 is 7.53. The molecule has 3 rings (SSSR count). The number of nitrogen functional groups attached to an aromatic ring is 1. The predicted molar refractivity (Wildman–Crippen MR) is 108 cm³/mol. The Bertz CT molecular complexity index is 979. The second kappa shape index (κ2) is 8.34. The molecule has 0 saturated carbocycles. The van der Waals surface area contributed by atoms with Crippen LogP contribution in [0.25, 0.3) is 0 Å². The molecule has 3 aromatic rings. The van der Waals surface area contributed by atoms with Gasteiger partial charge in [0.1, 0.15) is 12.4 Å². The van der Waals surface area contributed by atoms with E-state index in [2.05, 4.69) is 52.5 Å².